The van der Waals surface area contributed by atoms with Crippen molar-refractivity contribution in [3.05, 3.63) is 0 Å². The van der Waals surface area contributed by atoms with E-state index in [1.807, 2.05) is 118 Å². The average molecular weight is 577 g/mol. The van der Waals surface area contributed by atoms with Crippen LogP contribution in [-0.2, 0) is 33.3 Å². The Labute approximate surface area is 246 Å². The Bertz CT molecular complexity index is 707. The quantitative estimate of drug-likeness (QED) is 0.242. The van der Waals surface area contributed by atoms with E-state index in [0.29, 0.717) is 25.4 Å². The SMILES string of the molecule is CC(C)(C)COC(=O)C(C)(C)C.CCC(=O)C(C)(C)C.CCOC(=O)OC(C)C(C)(C)C.COC(=O)C(C)(C)C. The lowest BCUT2D eigenvalue weighted by molar-refractivity contribution is -0.155. The van der Waals surface area contributed by atoms with E-state index in [0.717, 1.165) is 0 Å². The summed E-state index contributed by atoms with van der Waals surface area (Å²) in [5, 5.41) is 0. The molecule has 0 aromatic rings. The number of rotatable bonds is 4. The first-order chi connectivity index (χ1) is 17.5. The predicted molar refractivity (Wildman–Crippen MR) is 163 cm³/mol. The highest BCUT2D eigenvalue weighted by Crippen LogP contribution is 2.22. The highest BCUT2D eigenvalue weighted by atomic mass is 16.7. The minimum Gasteiger partial charge on any atom is -0.469 e. The van der Waals surface area contributed by atoms with Crippen molar-refractivity contribution in [1.82, 2.24) is 0 Å². The number of hydrogen-bond donors (Lipinski definition) is 0. The molecule has 0 saturated heterocycles. The fourth-order valence-electron chi connectivity index (χ4n) is 1.81. The summed E-state index contributed by atoms with van der Waals surface area (Å²) in [7, 11) is 1.40. The number of methoxy groups -OCH3 is 1. The largest absolute Gasteiger partial charge is 0.508 e. The van der Waals surface area contributed by atoms with Gasteiger partial charge in [0.05, 0.1) is 31.2 Å². The second-order valence-corrected chi connectivity index (χ2v) is 15.0. The zero-order valence-corrected chi connectivity index (χ0v) is 29.5. The van der Waals surface area contributed by atoms with Crippen molar-refractivity contribution >= 4 is 23.9 Å². The molecule has 8 heteroatoms. The Balaban J connectivity index is -0.000000220. The van der Waals surface area contributed by atoms with Crippen molar-refractivity contribution < 1.29 is 38.1 Å². The molecule has 0 heterocycles. The highest BCUT2D eigenvalue weighted by Gasteiger charge is 2.25. The molecule has 0 amide bonds. The number of carbonyl (C=O) groups is 4. The van der Waals surface area contributed by atoms with Gasteiger partial charge in [-0.3, -0.25) is 14.4 Å². The number of esters is 2. The fraction of sp³-hybridized carbons (Fsp3) is 0.875. The minimum atomic E-state index is -0.583. The summed E-state index contributed by atoms with van der Waals surface area (Å²) in [6.07, 6.45) is -0.0553. The van der Waals surface area contributed by atoms with Gasteiger partial charge in [0.15, 0.2) is 0 Å². The molecule has 40 heavy (non-hydrogen) atoms. The van der Waals surface area contributed by atoms with Gasteiger partial charge in [0.25, 0.3) is 0 Å². The lowest BCUT2D eigenvalue weighted by Crippen LogP contribution is -2.28. The van der Waals surface area contributed by atoms with Crippen LogP contribution in [0.1, 0.15) is 131 Å². The van der Waals surface area contributed by atoms with E-state index in [2.05, 4.69) is 9.47 Å². The van der Waals surface area contributed by atoms with Gasteiger partial charge in [-0.05, 0) is 66.2 Å². The maximum atomic E-state index is 11.3. The van der Waals surface area contributed by atoms with Gasteiger partial charge >= 0.3 is 18.1 Å². The molecular formula is C32H64O8. The zero-order chi connectivity index (χ0) is 33.3. The summed E-state index contributed by atoms with van der Waals surface area (Å²) in [5.74, 6) is 0.0347. The molecule has 240 valence electrons. The molecule has 1 unspecified atom stereocenters. The number of Topliss-reactive ketones (excluding diaryl/α,β-unsaturated/α-hetero) is 1. The molecular weight excluding hydrogens is 512 g/mol. The minimum absolute atomic E-state index is 0.0350. The third kappa shape index (κ3) is 28.9. The molecule has 0 saturated carbocycles. The summed E-state index contributed by atoms with van der Waals surface area (Å²) in [4.78, 5) is 43.6. The first-order valence-corrected chi connectivity index (χ1v) is 14.1. The van der Waals surface area contributed by atoms with Gasteiger partial charge in [0.1, 0.15) is 11.9 Å². The molecule has 0 spiro atoms. The molecule has 0 N–H and O–H groups in total. The average Bonchev–Trinajstić information content (AvgIpc) is 2.74. The highest BCUT2D eigenvalue weighted by molar-refractivity contribution is 5.83. The maximum absolute atomic E-state index is 11.3. The first kappa shape index (κ1) is 44.9. The van der Waals surface area contributed by atoms with Crippen LogP contribution in [0.4, 0.5) is 4.79 Å². The molecule has 0 rings (SSSR count). The Hall–Kier alpha value is -2.12. The second-order valence-electron chi connectivity index (χ2n) is 15.0. The molecule has 0 bridgehead atoms. The third-order valence-corrected chi connectivity index (χ3v) is 4.96. The number of carbonyl (C=O) groups excluding carboxylic acids is 4. The van der Waals surface area contributed by atoms with Crippen LogP contribution in [0.5, 0.6) is 0 Å². The number of hydrogen-bond acceptors (Lipinski definition) is 8. The Morgan fingerprint density at radius 1 is 0.625 bits per heavy atom. The predicted octanol–water partition coefficient (Wildman–Crippen LogP) is 8.43. The van der Waals surface area contributed by atoms with E-state index in [-0.39, 0.29) is 45.1 Å². The van der Waals surface area contributed by atoms with Gasteiger partial charge in [-0.2, -0.15) is 0 Å². The number of ketones is 1. The summed E-state index contributed by atoms with van der Waals surface area (Å²) >= 11 is 0. The van der Waals surface area contributed by atoms with Crippen molar-refractivity contribution in [3.63, 3.8) is 0 Å². The van der Waals surface area contributed by atoms with Crippen molar-refractivity contribution in [2.45, 2.75) is 137 Å². The van der Waals surface area contributed by atoms with Crippen LogP contribution >= 0.6 is 0 Å². The van der Waals surface area contributed by atoms with Crippen LogP contribution in [0.3, 0.4) is 0 Å². The molecule has 0 aliphatic rings. The lowest BCUT2D eigenvalue weighted by Gasteiger charge is -2.26. The van der Waals surface area contributed by atoms with Crippen LogP contribution in [-0.4, -0.2) is 50.3 Å². The molecule has 1 atom stereocenters. The number of ether oxygens (including phenoxy) is 4. The molecule has 8 nitrogen and oxygen atoms in total. The van der Waals surface area contributed by atoms with Gasteiger partial charge in [0.2, 0.25) is 0 Å². The van der Waals surface area contributed by atoms with Crippen LogP contribution in [0.2, 0.25) is 0 Å². The Kier molecular flexibility index (Phi) is 21.4. The van der Waals surface area contributed by atoms with Gasteiger partial charge < -0.3 is 18.9 Å². The first-order valence-electron chi connectivity index (χ1n) is 14.1. The molecule has 0 aromatic heterocycles. The van der Waals surface area contributed by atoms with Crippen molar-refractivity contribution in [2.24, 2.45) is 27.1 Å². The van der Waals surface area contributed by atoms with Gasteiger partial charge in [-0.25, -0.2) is 4.79 Å². The van der Waals surface area contributed by atoms with Gasteiger partial charge in [-0.15, -0.1) is 0 Å². The van der Waals surface area contributed by atoms with E-state index in [1.54, 1.807) is 6.92 Å². The summed E-state index contributed by atoms with van der Waals surface area (Å²) in [6, 6.07) is 0. The van der Waals surface area contributed by atoms with Crippen LogP contribution in [0.25, 0.3) is 0 Å². The monoisotopic (exact) mass is 576 g/mol. The molecule has 0 radical (unpaired) electrons. The topological polar surface area (TPSA) is 105 Å². The van der Waals surface area contributed by atoms with Crippen LogP contribution < -0.4 is 0 Å². The summed E-state index contributed by atoms with van der Waals surface area (Å²) < 4.78 is 19.2. The van der Waals surface area contributed by atoms with E-state index < -0.39 is 6.16 Å². The normalized spacial score (nSPS) is 12.5. The molecule has 0 fully saturated rings. The van der Waals surface area contributed by atoms with Crippen molar-refractivity contribution in [1.29, 1.82) is 0 Å². The molecule has 0 aliphatic heterocycles. The molecule has 0 aromatic carbocycles. The third-order valence-electron chi connectivity index (χ3n) is 4.96. The Morgan fingerprint density at radius 3 is 1.20 bits per heavy atom. The van der Waals surface area contributed by atoms with Gasteiger partial charge in [0, 0.05) is 11.8 Å². The van der Waals surface area contributed by atoms with Crippen LogP contribution in [0, 0.1) is 27.1 Å². The van der Waals surface area contributed by atoms with E-state index in [1.165, 1.54) is 7.11 Å². The smallest absolute Gasteiger partial charge is 0.469 e. The summed E-state index contributed by atoms with van der Waals surface area (Å²) in [6.45, 7) is 35.4. The Morgan fingerprint density at radius 2 is 1.02 bits per heavy atom. The van der Waals surface area contributed by atoms with E-state index in [4.69, 9.17) is 9.47 Å². The van der Waals surface area contributed by atoms with E-state index in [9.17, 15) is 19.2 Å². The van der Waals surface area contributed by atoms with E-state index >= 15 is 0 Å². The zero-order valence-electron chi connectivity index (χ0n) is 29.5. The standard InChI is InChI=1S/C10H20O2.C9H18O3.C7H14O.C6H12O2/c1-9(2,3)7-12-8(11)10(4,5)6;1-6-11-8(10)12-7(2)9(3,4)5;1-5-6(8)7(2,3)4;1-6(2,3)5(7)8-4/h7H2,1-6H3;7H,6H2,1-5H3;5H2,1-4H3;1-4H3. The second kappa shape index (κ2) is 19.1. The fourth-order valence-corrected chi connectivity index (χ4v) is 1.81. The van der Waals surface area contributed by atoms with Crippen molar-refractivity contribution in [3.8, 4) is 0 Å². The lowest BCUT2D eigenvalue weighted by atomic mass is 9.90. The van der Waals surface area contributed by atoms with Crippen molar-refractivity contribution in [2.75, 3.05) is 20.3 Å². The van der Waals surface area contributed by atoms with Gasteiger partial charge in [-0.1, -0.05) is 69.2 Å². The maximum Gasteiger partial charge on any atom is 0.508 e. The van der Waals surface area contributed by atoms with Crippen LogP contribution in [0.15, 0.2) is 0 Å². The molecule has 0 aliphatic carbocycles. The summed E-state index contributed by atoms with van der Waals surface area (Å²) in [5.41, 5.74) is -0.845.